The summed E-state index contributed by atoms with van der Waals surface area (Å²) >= 11 is 0. The van der Waals surface area contributed by atoms with Gasteiger partial charge >= 0.3 is 0 Å². The summed E-state index contributed by atoms with van der Waals surface area (Å²) in [4.78, 5) is 13.8. The highest BCUT2D eigenvalue weighted by molar-refractivity contribution is 5.98. The molecule has 1 aromatic carbocycles. The molecule has 0 fully saturated rings. The molecule has 1 aromatic rings. The molecule has 0 bridgehead atoms. The molecule has 0 N–H and O–H groups in total. The third-order valence-electron chi connectivity index (χ3n) is 2.44. The predicted molar refractivity (Wildman–Crippen MR) is 63.9 cm³/mol. The van der Waals surface area contributed by atoms with E-state index in [2.05, 4.69) is 0 Å². The largest absolute Gasteiger partial charge is 0.311 e. The summed E-state index contributed by atoms with van der Waals surface area (Å²) in [5, 5.41) is 8.96. The van der Waals surface area contributed by atoms with E-state index in [0.717, 1.165) is 5.69 Å². The Morgan fingerprint density at radius 2 is 1.94 bits per heavy atom. The van der Waals surface area contributed by atoms with Gasteiger partial charge in [0.2, 0.25) is 5.91 Å². The smallest absolute Gasteiger partial charge is 0.246 e. The highest BCUT2D eigenvalue weighted by Crippen LogP contribution is 2.22. The van der Waals surface area contributed by atoms with Crippen molar-refractivity contribution >= 4 is 11.6 Å². The van der Waals surface area contributed by atoms with E-state index in [4.69, 9.17) is 5.26 Å². The average molecular weight is 216 g/mol. The number of nitriles is 1. The standard InChI is InChI=1S/C13H16N2O/c1-4-15(11-8-6-5-7-9-11)12(16)13(2,3)10-14/h5-9H,4H2,1-3H3. The van der Waals surface area contributed by atoms with Gasteiger partial charge in [-0.25, -0.2) is 0 Å². The monoisotopic (exact) mass is 216 g/mol. The van der Waals surface area contributed by atoms with Crippen LogP contribution in [0.25, 0.3) is 0 Å². The number of para-hydroxylation sites is 1. The van der Waals surface area contributed by atoms with Crippen molar-refractivity contribution in [2.45, 2.75) is 20.8 Å². The molecule has 3 nitrogen and oxygen atoms in total. The Morgan fingerprint density at radius 3 is 2.38 bits per heavy atom. The van der Waals surface area contributed by atoms with Crippen molar-refractivity contribution in [1.29, 1.82) is 5.26 Å². The van der Waals surface area contributed by atoms with E-state index in [9.17, 15) is 4.79 Å². The van der Waals surface area contributed by atoms with Crippen molar-refractivity contribution in [3.05, 3.63) is 30.3 Å². The summed E-state index contributed by atoms with van der Waals surface area (Å²) < 4.78 is 0. The first-order valence-electron chi connectivity index (χ1n) is 5.31. The van der Waals surface area contributed by atoms with E-state index in [1.165, 1.54) is 0 Å². The Labute approximate surface area is 96.3 Å². The van der Waals surface area contributed by atoms with Crippen LogP contribution in [0.5, 0.6) is 0 Å². The number of hydrogen-bond donors (Lipinski definition) is 0. The van der Waals surface area contributed by atoms with Gasteiger partial charge in [-0.3, -0.25) is 4.79 Å². The second kappa shape index (κ2) is 4.80. The summed E-state index contributed by atoms with van der Waals surface area (Å²) in [6, 6.07) is 11.4. The van der Waals surface area contributed by atoms with Crippen LogP contribution in [0.15, 0.2) is 30.3 Å². The zero-order valence-corrected chi connectivity index (χ0v) is 9.90. The minimum absolute atomic E-state index is 0.163. The Morgan fingerprint density at radius 1 is 1.38 bits per heavy atom. The van der Waals surface area contributed by atoms with E-state index in [0.29, 0.717) is 6.54 Å². The van der Waals surface area contributed by atoms with Crippen molar-refractivity contribution in [2.75, 3.05) is 11.4 Å². The van der Waals surface area contributed by atoms with Crippen LogP contribution >= 0.6 is 0 Å². The molecule has 0 unspecified atom stereocenters. The topological polar surface area (TPSA) is 44.1 Å². The normalized spacial score (nSPS) is 10.6. The molecule has 0 atom stereocenters. The first-order chi connectivity index (χ1) is 7.53. The number of anilines is 1. The van der Waals surface area contributed by atoms with Crippen LogP contribution in [0.3, 0.4) is 0 Å². The first kappa shape index (κ1) is 12.3. The molecule has 1 rings (SSSR count). The molecule has 3 heteroatoms. The Bertz CT molecular complexity index is 404. The zero-order chi connectivity index (χ0) is 12.2. The van der Waals surface area contributed by atoms with Crippen LogP contribution in [-0.4, -0.2) is 12.5 Å². The maximum atomic E-state index is 12.1. The van der Waals surface area contributed by atoms with Gasteiger partial charge in [0.15, 0.2) is 0 Å². The molecular weight excluding hydrogens is 200 g/mol. The number of carbonyl (C=O) groups excluding carboxylic acids is 1. The van der Waals surface area contributed by atoms with Crippen LogP contribution in [0, 0.1) is 16.7 Å². The SMILES string of the molecule is CCN(C(=O)C(C)(C)C#N)c1ccccc1. The minimum Gasteiger partial charge on any atom is -0.311 e. The Hall–Kier alpha value is -1.82. The number of amides is 1. The second-order valence-electron chi connectivity index (χ2n) is 4.12. The van der Waals surface area contributed by atoms with E-state index >= 15 is 0 Å². The van der Waals surface area contributed by atoms with E-state index in [1.54, 1.807) is 18.7 Å². The fourth-order valence-electron chi connectivity index (χ4n) is 1.44. The molecule has 0 aliphatic rings. The van der Waals surface area contributed by atoms with Crippen LogP contribution < -0.4 is 4.90 Å². The number of benzene rings is 1. The lowest BCUT2D eigenvalue weighted by Gasteiger charge is -2.26. The van der Waals surface area contributed by atoms with Gasteiger partial charge in [-0.05, 0) is 32.9 Å². The third kappa shape index (κ3) is 2.40. The van der Waals surface area contributed by atoms with Crippen molar-refractivity contribution in [1.82, 2.24) is 0 Å². The number of nitrogens with zero attached hydrogens (tertiary/aromatic N) is 2. The fourth-order valence-corrected chi connectivity index (χ4v) is 1.44. The van der Waals surface area contributed by atoms with Gasteiger partial charge in [-0.2, -0.15) is 5.26 Å². The maximum Gasteiger partial charge on any atom is 0.246 e. The molecule has 0 radical (unpaired) electrons. The zero-order valence-electron chi connectivity index (χ0n) is 9.90. The molecule has 84 valence electrons. The van der Waals surface area contributed by atoms with Crippen LogP contribution in [-0.2, 0) is 4.79 Å². The lowest BCUT2D eigenvalue weighted by molar-refractivity contribution is -0.124. The predicted octanol–water partition coefficient (Wildman–Crippen LogP) is 2.59. The van der Waals surface area contributed by atoms with Gasteiger partial charge in [-0.1, -0.05) is 18.2 Å². The van der Waals surface area contributed by atoms with Crippen molar-refractivity contribution in [2.24, 2.45) is 5.41 Å². The number of carbonyl (C=O) groups is 1. The van der Waals surface area contributed by atoms with Crippen LogP contribution in [0.4, 0.5) is 5.69 Å². The highest BCUT2D eigenvalue weighted by atomic mass is 16.2. The van der Waals surface area contributed by atoms with Gasteiger partial charge in [0.1, 0.15) is 5.41 Å². The molecule has 16 heavy (non-hydrogen) atoms. The molecule has 0 saturated heterocycles. The van der Waals surface area contributed by atoms with Gasteiger partial charge in [0, 0.05) is 12.2 Å². The highest BCUT2D eigenvalue weighted by Gasteiger charge is 2.31. The number of rotatable bonds is 3. The minimum atomic E-state index is -0.980. The summed E-state index contributed by atoms with van der Waals surface area (Å²) in [6.45, 7) is 5.74. The molecule has 0 saturated carbocycles. The molecular formula is C13H16N2O. The number of hydrogen-bond acceptors (Lipinski definition) is 2. The molecule has 0 spiro atoms. The Kier molecular flexibility index (Phi) is 3.68. The van der Waals surface area contributed by atoms with Gasteiger partial charge < -0.3 is 4.90 Å². The summed E-state index contributed by atoms with van der Waals surface area (Å²) in [7, 11) is 0. The van der Waals surface area contributed by atoms with Crippen LogP contribution in [0.1, 0.15) is 20.8 Å². The van der Waals surface area contributed by atoms with Crippen molar-refractivity contribution < 1.29 is 4.79 Å². The van der Waals surface area contributed by atoms with Crippen LogP contribution in [0.2, 0.25) is 0 Å². The third-order valence-corrected chi connectivity index (χ3v) is 2.44. The lowest BCUT2D eigenvalue weighted by Crippen LogP contribution is -2.40. The lowest BCUT2D eigenvalue weighted by atomic mass is 9.93. The molecule has 0 aromatic heterocycles. The van der Waals surface area contributed by atoms with E-state index in [1.807, 2.05) is 43.3 Å². The van der Waals surface area contributed by atoms with Crippen molar-refractivity contribution in [3.8, 4) is 6.07 Å². The quantitative estimate of drug-likeness (QED) is 0.779. The van der Waals surface area contributed by atoms with E-state index in [-0.39, 0.29) is 5.91 Å². The molecule has 1 amide bonds. The Balaban J connectivity index is 3.02. The average Bonchev–Trinajstić information content (AvgIpc) is 2.31. The summed E-state index contributed by atoms with van der Waals surface area (Å²) in [5.41, 5.74) is -0.149. The first-order valence-corrected chi connectivity index (χ1v) is 5.31. The van der Waals surface area contributed by atoms with E-state index < -0.39 is 5.41 Å². The van der Waals surface area contributed by atoms with Gasteiger partial charge in [0.05, 0.1) is 6.07 Å². The fraction of sp³-hybridized carbons (Fsp3) is 0.385. The molecule has 0 aliphatic carbocycles. The maximum absolute atomic E-state index is 12.1. The molecule has 0 aliphatic heterocycles. The summed E-state index contributed by atoms with van der Waals surface area (Å²) in [6.07, 6.45) is 0. The second-order valence-corrected chi connectivity index (χ2v) is 4.12. The van der Waals surface area contributed by atoms with Crippen molar-refractivity contribution in [3.63, 3.8) is 0 Å². The van der Waals surface area contributed by atoms with Gasteiger partial charge in [0.25, 0.3) is 0 Å². The van der Waals surface area contributed by atoms with Gasteiger partial charge in [-0.15, -0.1) is 0 Å². The molecule has 0 heterocycles. The summed E-state index contributed by atoms with van der Waals surface area (Å²) in [5.74, 6) is -0.163.